The van der Waals surface area contributed by atoms with Crippen LogP contribution in [-0.2, 0) is 32.7 Å². The molecule has 0 bridgehead atoms. The Bertz CT molecular complexity index is 944. The molecule has 0 amide bonds. The molecule has 0 aliphatic heterocycles. The number of ether oxygens (including phenoxy) is 2. The third-order valence-corrected chi connectivity index (χ3v) is 10.6. The summed E-state index contributed by atoms with van der Waals surface area (Å²) in [4.78, 5) is 34.8. The van der Waals surface area contributed by atoms with Crippen LogP contribution in [0.3, 0.4) is 0 Å². The second-order valence-electron chi connectivity index (χ2n) is 14.9. The van der Waals surface area contributed by atoms with Crippen molar-refractivity contribution in [2.75, 3.05) is 26.4 Å². The van der Waals surface area contributed by atoms with Gasteiger partial charge in [0.05, 0.1) is 13.2 Å². The fraction of sp³-hybridized carbons (Fsp3) is 0.864. The van der Waals surface area contributed by atoms with Gasteiger partial charge in [-0.1, -0.05) is 179 Å². The first-order valence-electron chi connectivity index (χ1n) is 22.3. The van der Waals surface area contributed by atoms with E-state index in [4.69, 9.17) is 24.3 Å². The fourth-order valence-corrected chi connectivity index (χ4v) is 7.02. The molecule has 9 nitrogen and oxygen atoms in total. The third-order valence-electron chi connectivity index (χ3n) is 9.59. The quantitative estimate of drug-likeness (QED) is 0.0268. The zero-order chi connectivity index (χ0) is 39.6. The minimum Gasteiger partial charge on any atom is -0.462 e. The summed E-state index contributed by atoms with van der Waals surface area (Å²) in [6.45, 7) is 3.72. The van der Waals surface area contributed by atoms with Gasteiger partial charge in [0.25, 0.3) is 0 Å². The molecule has 2 unspecified atom stereocenters. The van der Waals surface area contributed by atoms with E-state index in [9.17, 15) is 19.0 Å². The average molecular weight is 786 g/mol. The van der Waals surface area contributed by atoms with Gasteiger partial charge >= 0.3 is 19.8 Å². The Morgan fingerprint density at radius 2 is 0.963 bits per heavy atom. The number of hydrogen-bond donors (Lipinski definition) is 2. The number of nitrogens with two attached hydrogens (primary N) is 1. The molecular weight excluding hydrogens is 701 g/mol. The van der Waals surface area contributed by atoms with Gasteiger partial charge in [-0.05, 0) is 44.9 Å². The number of phosphoric acid groups is 1. The van der Waals surface area contributed by atoms with Gasteiger partial charge in [0.2, 0.25) is 0 Å². The molecule has 0 spiro atoms. The summed E-state index contributed by atoms with van der Waals surface area (Å²) in [6.07, 6.45) is 43.6. The van der Waals surface area contributed by atoms with E-state index < -0.39 is 26.5 Å². The molecule has 0 aromatic carbocycles. The number of hydrogen-bond acceptors (Lipinski definition) is 8. The Balaban J connectivity index is 4.03. The number of phosphoric ester groups is 1. The molecule has 0 rings (SSSR count). The lowest BCUT2D eigenvalue weighted by atomic mass is 10.0. The van der Waals surface area contributed by atoms with Gasteiger partial charge in [0.1, 0.15) is 6.61 Å². The predicted molar refractivity (Wildman–Crippen MR) is 224 cm³/mol. The van der Waals surface area contributed by atoms with E-state index >= 15 is 0 Å². The van der Waals surface area contributed by atoms with E-state index in [1.165, 1.54) is 135 Å². The van der Waals surface area contributed by atoms with Crippen LogP contribution in [0.5, 0.6) is 0 Å². The first-order valence-corrected chi connectivity index (χ1v) is 23.8. The molecular formula is C44H84NO8P. The van der Waals surface area contributed by atoms with Gasteiger partial charge in [-0.25, -0.2) is 4.57 Å². The molecule has 0 aliphatic carbocycles. The lowest BCUT2D eigenvalue weighted by Crippen LogP contribution is -2.29. The van der Waals surface area contributed by atoms with Crippen LogP contribution in [-0.4, -0.2) is 49.3 Å². The summed E-state index contributed by atoms with van der Waals surface area (Å²) in [5, 5.41) is 0. The van der Waals surface area contributed by atoms with Crippen LogP contribution < -0.4 is 5.73 Å². The second kappa shape index (κ2) is 41.1. The molecule has 10 heteroatoms. The van der Waals surface area contributed by atoms with Crippen LogP contribution in [0.15, 0.2) is 24.3 Å². The van der Waals surface area contributed by atoms with Crippen molar-refractivity contribution < 1.29 is 37.6 Å². The SMILES string of the molecule is CCCCCCC/C=C\C/C=C\CCCCCCCCCCCCCC(=O)OC(COC(=O)CCCCCCCCCCCC)COP(=O)(O)OCCN. The smallest absolute Gasteiger partial charge is 0.462 e. The van der Waals surface area contributed by atoms with Crippen LogP contribution in [0.25, 0.3) is 0 Å². The van der Waals surface area contributed by atoms with Crippen molar-refractivity contribution in [3.8, 4) is 0 Å². The van der Waals surface area contributed by atoms with Crippen molar-refractivity contribution in [2.45, 2.75) is 219 Å². The standard InChI is InChI=1S/C44H84NO8P/c1-3-5-7-9-11-13-15-16-17-18-19-20-21-22-23-24-25-26-27-29-31-33-35-37-44(47)53-42(41-52-54(48,49)51-39-38-45)40-50-43(46)36-34-32-30-28-14-12-10-8-6-4-2/h15-16,18-19,42H,3-14,17,20-41,45H2,1-2H3,(H,48,49)/b16-15-,19-18-. The first kappa shape index (κ1) is 52.5. The minimum atomic E-state index is -4.37. The van der Waals surface area contributed by atoms with E-state index in [0.717, 1.165) is 44.9 Å². The molecule has 0 saturated heterocycles. The zero-order valence-electron chi connectivity index (χ0n) is 35.0. The molecule has 0 radical (unpaired) electrons. The van der Waals surface area contributed by atoms with Crippen molar-refractivity contribution in [2.24, 2.45) is 5.73 Å². The van der Waals surface area contributed by atoms with Crippen molar-refractivity contribution in [1.82, 2.24) is 0 Å². The summed E-state index contributed by atoms with van der Waals surface area (Å²) in [6, 6.07) is 0. The van der Waals surface area contributed by atoms with Crippen LogP contribution in [0, 0.1) is 0 Å². The van der Waals surface area contributed by atoms with Crippen molar-refractivity contribution in [3.63, 3.8) is 0 Å². The minimum absolute atomic E-state index is 0.0548. The van der Waals surface area contributed by atoms with Crippen molar-refractivity contribution in [3.05, 3.63) is 24.3 Å². The topological polar surface area (TPSA) is 134 Å². The van der Waals surface area contributed by atoms with Gasteiger partial charge < -0.3 is 20.1 Å². The Kier molecular flexibility index (Phi) is 40.0. The number of carbonyl (C=O) groups excluding carboxylic acids is 2. The molecule has 0 aromatic rings. The molecule has 0 fully saturated rings. The summed E-state index contributed by atoms with van der Waals surface area (Å²) in [5.74, 6) is -0.826. The first-order chi connectivity index (χ1) is 26.3. The van der Waals surface area contributed by atoms with Gasteiger partial charge in [0, 0.05) is 19.4 Å². The van der Waals surface area contributed by atoms with E-state index in [1.807, 2.05) is 0 Å². The van der Waals surface area contributed by atoms with Gasteiger partial charge in [-0.15, -0.1) is 0 Å². The fourth-order valence-electron chi connectivity index (χ4n) is 6.25. The van der Waals surface area contributed by atoms with E-state index in [2.05, 4.69) is 38.2 Å². The summed E-state index contributed by atoms with van der Waals surface area (Å²) in [7, 11) is -4.37. The summed E-state index contributed by atoms with van der Waals surface area (Å²) >= 11 is 0. The normalized spacial score (nSPS) is 13.5. The molecule has 3 N–H and O–H groups in total. The maximum Gasteiger partial charge on any atom is 0.472 e. The van der Waals surface area contributed by atoms with E-state index in [-0.39, 0.29) is 38.6 Å². The monoisotopic (exact) mass is 786 g/mol. The number of allylic oxidation sites excluding steroid dienone is 4. The van der Waals surface area contributed by atoms with Crippen LogP contribution >= 0.6 is 7.82 Å². The summed E-state index contributed by atoms with van der Waals surface area (Å²) < 4.78 is 32.7. The highest BCUT2D eigenvalue weighted by Crippen LogP contribution is 2.43. The van der Waals surface area contributed by atoms with Gasteiger partial charge in [0.15, 0.2) is 6.10 Å². The van der Waals surface area contributed by atoms with Gasteiger partial charge in [-0.2, -0.15) is 0 Å². The number of rotatable bonds is 42. The number of unbranched alkanes of at least 4 members (excludes halogenated alkanes) is 25. The Hall–Kier alpha value is -1.51. The Morgan fingerprint density at radius 3 is 1.41 bits per heavy atom. The largest absolute Gasteiger partial charge is 0.472 e. The second-order valence-corrected chi connectivity index (χ2v) is 16.4. The highest BCUT2D eigenvalue weighted by Gasteiger charge is 2.26. The average Bonchev–Trinajstić information content (AvgIpc) is 3.16. The lowest BCUT2D eigenvalue weighted by molar-refractivity contribution is -0.161. The maximum atomic E-state index is 12.6. The lowest BCUT2D eigenvalue weighted by Gasteiger charge is -2.19. The van der Waals surface area contributed by atoms with E-state index in [0.29, 0.717) is 6.42 Å². The molecule has 2 atom stereocenters. The summed E-state index contributed by atoms with van der Waals surface area (Å²) in [5.41, 5.74) is 5.34. The molecule has 0 saturated carbocycles. The third kappa shape index (κ3) is 40.2. The van der Waals surface area contributed by atoms with E-state index in [1.54, 1.807) is 0 Å². The van der Waals surface area contributed by atoms with Gasteiger partial charge in [-0.3, -0.25) is 18.6 Å². The van der Waals surface area contributed by atoms with Crippen LogP contribution in [0.4, 0.5) is 0 Å². The van der Waals surface area contributed by atoms with Crippen molar-refractivity contribution >= 4 is 19.8 Å². The molecule has 318 valence electrons. The molecule has 54 heavy (non-hydrogen) atoms. The predicted octanol–water partition coefficient (Wildman–Crippen LogP) is 12.8. The zero-order valence-corrected chi connectivity index (χ0v) is 35.9. The number of carbonyl (C=O) groups is 2. The highest BCUT2D eigenvalue weighted by molar-refractivity contribution is 7.47. The Morgan fingerprint density at radius 1 is 0.556 bits per heavy atom. The van der Waals surface area contributed by atoms with Crippen LogP contribution in [0.1, 0.15) is 213 Å². The van der Waals surface area contributed by atoms with Crippen LogP contribution in [0.2, 0.25) is 0 Å². The van der Waals surface area contributed by atoms with Crippen molar-refractivity contribution in [1.29, 1.82) is 0 Å². The molecule has 0 aliphatic rings. The molecule has 0 aromatic heterocycles. The maximum absolute atomic E-state index is 12.6. The highest BCUT2D eigenvalue weighted by atomic mass is 31.2. The Labute approximate surface area is 332 Å². The number of esters is 2. The molecule has 0 heterocycles.